The van der Waals surface area contributed by atoms with Crippen molar-refractivity contribution in [2.75, 3.05) is 31.3 Å². The number of benzene rings is 2. The number of amides is 2. The average molecular weight is 451 g/mol. The normalized spacial score (nSPS) is 17.2. The Morgan fingerprint density at radius 1 is 1.09 bits per heavy atom. The fourth-order valence-corrected chi connectivity index (χ4v) is 4.82. The van der Waals surface area contributed by atoms with Gasteiger partial charge in [0.1, 0.15) is 10.8 Å². The molecular formula is C25H30N4O2S. The van der Waals surface area contributed by atoms with E-state index in [1.807, 2.05) is 47.4 Å². The van der Waals surface area contributed by atoms with Crippen LogP contribution in [0.25, 0.3) is 0 Å². The lowest BCUT2D eigenvalue weighted by molar-refractivity contribution is 0.175. The molecule has 2 amide bonds. The molecular weight excluding hydrogens is 420 g/mol. The molecule has 0 aromatic heterocycles. The third-order valence-corrected chi connectivity index (χ3v) is 6.93. The van der Waals surface area contributed by atoms with Crippen molar-refractivity contribution < 1.29 is 9.53 Å². The first-order chi connectivity index (χ1) is 15.4. The number of ether oxygens (including phenoxy) is 1. The summed E-state index contributed by atoms with van der Waals surface area (Å²) in [5.74, 6) is 1.76. The molecule has 2 aromatic rings. The summed E-state index contributed by atoms with van der Waals surface area (Å²) in [6.07, 6.45) is 1.45. The van der Waals surface area contributed by atoms with Gasteiger partial charge in [0.05, 0.1) is 12.8 Å². The van der Waals surface area contributed by atoms with Crippen LogP contribution in [-0.4, -0.2) is 53.3 Å². The number of carbonyl (C=O) groups is 1. The van der Waals surface area contributed by atoms with Crippen molar-refractivity contribution in [1.82, 2.24) is 4.90 Å². The van der Waals surface area contributed by atoms with E-state index in [4.69, 9.17) is 14.7 Å². The maximum absolute atomic E-state index is 12.8. The van der Waals surface area contributed by atoms with E-state index < -0.39 is 5.66 Å². The Labute approximate surface area is 194 Å². The van der Waals surface area contributed by atoms with Crippen LogP contribution in [0.15, 0.2) is 52.4 Å². The molecule has 168 valence electrons. The van der Waals surface area contributed by atoms with Crippen molar-refractivity contribution in [2.24, 2.45) is 9.98 Å². The van der Waals surface area contributed by atoms with Gasteiger partial charge in [0, 0.05) is 37.2 Å². The first-order valence-electron chi connectivity index (χ1n) is 11.0. The highest BCUT2D eigenvalue weighted by Gasteiger charge is 2.40. The summed E-state index contributed by atoms with van der Waals surface area (Å²) in [5, 5.41) is 4.02. The third-order valence-electron chi connectivity index (χ3n) is 6.09. The maximum Gasteiger partial charge on any atom is 0.321 e. The Morgan fingerprint density at radius 2 is 1.81 bits per heavy atom. The molecule has 1 saturated heterocycles. The van der Waals surface area contributed by atoms with Crippen LogP contribution in [0.4, 0.5) is 10.5 Å². The number of anilines is 1. The maximum atomic E-state index is 12.8. The van der Waals surface area contributed by atoms with Crippen molar-refractivity contribution in [3.8, 4) is 5.75 Å². The van der Waals surface area contributed by atoms with Crippen LogP contribution in [0, 0.1) is 13.8 Å². The molecule has 2 aliphatic heterocycles. The van der Waals surface area contributed by atoms with Gasteiger partial charge >= 0.3 is 6.03 Å². The number of piperidine rings is 1. The van der Waals surface area contributed by atoms with E-state index in [0.717, 1.165) is 46.4 Å². The number of methoxy groups -OCH3 is 1. The number of aryl methyl sites for hydroxylation is 2. The summed E-state index contributed by atoms with van der Waals surface area (Å²) >= 11 is 1.73. The number of aliphatic imine (C=N–C) groups is 2. The summed E-state index contributed by atoms with van der Waals surface area (Å²) in [7, 11) is 1.67. The van der Waals surface area contributed by atoms with E-state index in [-0.39, 0.29) is 6.03 Å². The molecule has 0 saturated carbocycles. The van der Waals surface area contributed by atoms with E-state index >= 15 is 0 Å². The Kier molecular flexibility index (Phi) is 6.55. The van der Waals surface area contributed by atoms with Crippen LogP contribution < -0.4 is 10.1 Å². The van der Waals surface area contributed by atoms with Crippen molar-refractivity contribution in [1.29, 1.82) is 0 Å². The quantitative estimate of drug-likeness (QED) is 0.688. The molecule has 0 radical (unpaired) electrons. The van der Waals surface area contributed by atoms with Crippen molar-refractivity contribution in [2.45, 2.75) is 39.3 Å². The monoisotopic (exact) mass is 450 g/mol. The van der Waals surface area contributed by atoms with Gasteiger partial charge in [0.2, 0.25) is 0 Å². The van der Waals surface area contributed by atoms with Crippen molar-refractivity contribution >= 4 is 34.2 Å². The van der Waals surface area contributed by atoms with E-state index in [2.05, 4.69) is 26.1 Å². The highest BCUT2D eigenvalue weighted by molar-refractivity contribution is 8.15. The van der Waals surface area contributed by atoms with Crippen LogP contribution >= 0.6 is 11.8 Å². The molecule has 0 unspecified atom stereocenters. The zero-order valence-electron chi connectivity index (χ0n) is 19.1. The third kappa shape index (κ3) is 4.67. The van der Waals surface area contributed by atoms with E-state index in [1.54, 1.807) is 18.9 Å². The summed E-state index contributed by atoms with van der Waals surface area (Å²) < 4.78 is 5.29. The zero-order valence-corrected chi connectivity index (χ0v) is 20.0. The number of rotatable bonds is 4. The lowest BCUT2D eigenvalue weighted by atomic mass is 9.98. The molecule has 6 nitrogen and oxygen atoms in total. The molecule has 2 heterocycles. The minimum Gasteiger partial charge on any atom is -0.497 e. The Bertz CT molecular complexity index is 1050. The van der Waals surface area contributed by atoms with Crippen LogP contribution in [0.2, 0.25) is 0 Å². The number of carbonyl (C=O) groups excluding carboxylic acids is 1. The smallest absolute Gasteiger partial charge is 0.321 e. The first-order valence-corrected chi connectivity index (χ1v) is 12.0. The molecule has 1 N–H and O–H groups in total. The second-order valence-electron chi connectivity index (χ2n) is 8.24. The van der Waals surface area contributed by atoms with Crippen molar-refractivity contribution in [3.63, 3.8) is 0 Å². The van der Waals surface area contributed by atoms with Gasteiger partial charge in [-0.2, -0.15) is 0 Å². The molecule has 7 heteroatoms. The van der Waals surface area contributed by atoms with Crippen LogP contribution in [0.1, 0.15) is 36.5 Å². The molecule has 0 atom stereocenters. The highest BCUT2D eigenvalue weighted by Crippen LogP contribution is 2.36. The average Bonchev–Trinajstić information content (AvgIpc) is 3.14. The van der Waals surface area contributed by atoms with E-state index in [9.17, 15) is 4.79 Å². The number of nitrogens with zero attached hydrogens (tertiary/aromatic N) is 3. The fraction of sp³-hybridized carbons (Fsp3) is 0.400. The van der Waals surface area contributed by atoms with Gasteiger partial charge in [-0.3, -0.25) is 4.99 Å². The number of thioether (sulfide) groups is 1. The number of hydrogen-bond donors (Lipinski definition) is 1. The van der Waals surface area contributed by atoms with Gasteiger partial charge in [-0.1, -0.05) is 13.0 Å². The van der Waals surface area contributed by atoms with Gasteiger partial charge in [-0.15, -0.1) is 11.8 Å². The Hall–Kier alpha value is -2.80. The van der Waals surface area contributed by atoms with Gasteiger partial charge in [0.15, 0.2) is 5.66 Å². The fourth-order valence-electron chi connectivity index (χ4n) is 4.01. The molecule has 1 spiro atoms. The molecule has 32 heavy (non-hydrogen) atoms. The number of hydrogen-bond acceptors (Lipinski definition) is 5. The largest absolute Gasteiger partial charge is 0.497 e. The molecule has 2 aliphatic rings. The van der Waals surface area contributed by atoms with Gasteiger partial charge in [-0.05, 0) is 67.1 Å². The van der Waals surface area contributed by atoms with Crippen molar-refractivity contribution in [3.05, 3.63) is 59.2 Å². The summed E-state index contributed by atoms with van der Waals surface area (Å²) in [6.45, 7) is 7.51. The number of nitrogens with one attached hydrogen (secondary N) is 1. The second-order valence-corrected chi connectivity index (χ2v) is 9.49. The first kappa shape index (κ1) is 22.4. The van der Waals surface area contributed by atoms with Gasteiger partial charge in [-0.25, -0.2) is 9.79 Å². The second kappa shape index (κ2) is 9.36. The number of urea groups is 1. The SMILES string of the molecule is CCSC1=NC2(CCN(C(=O)Nc3ccc(C)c(C)c3)CC2)N=C1c1ccc(OC)cc1. The lowest BCUT2D eigenvalue weighted by Gasteiger charge is -2.35. The zero-order chi connectivity index (χ0) is 22.7. The predicted octanol–water partition coefficient (Wildman–Crippen LogP) is 5.29. The van der Waals surface area contributed by atoms with Gasteiger partial charge < -0.3 is 15.0 Å². The Morgan fingerprint density at radius 3 is 2.44 bits per heavy atom. The topological polar surface area (TPSA) is 66.3 Å². The van der Waals surface area contributed by atoms with Crippen LogP contribution in [-0.2, 0) is 0 Å². The lowest BCUT2D eigenvalue weighted by Crippen LogP contribution is -2.46. The molecule has 2 aromatic carbocycles. The highest BCUT2D eigenvalue weighted by atomic mass is 32.2. The molecule has 4 rings (SSSR count). The molecule has 0 aliphatic carbocycles. The molecule has 1 fully saturated rings. The van der Waals surface area contributed by atoms with E-state index in [1.165, 1.54) is 11.1 Å². The predicted molar refractivity (Wildman–Crippen MR) is 134 cm³/mol. The minimum absolute atomic E-state index is 0.0624. The summed E-state index contributed by atoms with van der Waals surface area (Å²) in [6, 6.07) is 13.9. The van der Waals surface area contributed by atoms with Crippen LogP contribution in [0.5, 0.6) is 5.75 Å². The minimum atomic E-state index is -0.468. The van der Waals surface area contributed by atoms with E-state index in [0.29, 0.717) is 13.1 Å². The van der Waals surface area contributed by atoms with Gasteiger partial charge in [0.25, 0.3) is 0 Å². The summed E-state index contributed by atoms with van der Waals surface area (Å²) in [5.41, 5.74) is 4.75. The van der Waals surface area contributed by atoms with Crippen LogP contribution in [0.3, 0.4) is 0 Å². The Balaban J connectivity index is 1.46. The number of likely N-dealkylation sites (tertiary alicyclic amines) is 1. The molecule has 0 bridgehead atoms. The standard InChI is InChI=1S/C25H30N4O2S/c1-5-32-23-22(19-7-10-21(31-4)11-8-19)27-25(28-23)12-14-29(15-13-25)24(30)26-20-9-6-17(2)18(3)16-20/h6-11,16H,5,12-15H2,1-4H3,(H,26,30). The summed E-state index contributed by atoms with van der Waals surface area (Å²) in [4.78, 5) is 24.8.